The highest BCUT2D eigenvalue weighted by molar-refractivity contribution is 6.02. The zero-order valence-corrected chi connectivity index (χ0v) is 20.3. The van der Waals surface area contributed by atoms with Crippen LogP contribution in [0.4, 0.5) is 11.4 Å². The summed E-state index contributed by atoms with van der Waals surface area (Å²) in [7, 11) is 1.46. The van der Waals surface area contributed by atoms with Crippen LogP contribution >= 0.6 is 0 Å². The van der Waals surface area contributed by atoms with Crippen LogP contribution in [0.25, 0.3) is 0 Å². The smallest absolute Gasteiger partial charge is 0.343 e. The number of nitro groups is 1. The van der Waals surface area contributed by atoms with Gasteiger partial charge in [-0.3, -0.25) is 19.7 Å². The van der Waals surface area contributed by atoms with Crippen molar-refractivity contribution in [1.29, 1.82) is 0 Å². The molecule has 196 valence electrons. The average molecular weight is 528 g/mol. The molecule has 1 heterocycles. The van der Waals surface area contributed by atoms with E-state index in [0.717, 1.165) is 12.3 Å². The summed E-state index contributed by atoms with van der Waals surface area (Å²) in [5.41, 5.74) is 2.99. The van der Waals surface area contributed by atoms with Crippen molar-refractivity contribution in [2.45, 2.75) is 0 Å². The van der Waals surface area contributed by atoms with E-state index in [2.05, 4.69) is 15.8 Å². The molecule has 0 aliphatic carbocycles. The number of carbonyl (C=O) groups excluding carboxylic acids is 3. The van der Waals surface area contributed by atoms with Crippen molar-refractivity contribution in [1.82, 2.24) is 5.43 Å². The summed E-state index contributed by atoms with van der Waals surface area (Å²) in [6.45, 7) is 0. The largest absolute Gasteiger partial charge is 0.497 e. The number of rotatable bonds is 9. The number of carbonyl (C=O) groups is 3. The highest BCUT2D eigenvalue weighted by Crippen LogP contribution is 2.24. The zero-order valence-electron chi connectivity index (χ0n) is 20.3. The predicted octanol–water partition coefficient (Wildman–Crippen LogP) is 4.43. The summed E-state index contributed by atoms with van der Waals surface area (Å²) in [5.74, 6) is -1.17. The maximum absolute atomic E-state index is 12.6. The van der Waals surface area contributed by atoms with Crippen LogP contribution in [0.15, 0.2) is 94.6 Å². The molecule has 0 bridgehead atoms. The van der Waals surface area contributed by atoms with Crippen molar-refractivity contribution in [2.24, 2.45) is 5.10 Å². The second kappa shape index (κ2) is 12.0. The van der Waals surface area contributed by atoms with E-state index < -0.39 is 22.7 Å². The van der Waals surface area contributed by atoms with Gasteiger partial charge in [0.15, 0.2) is 5.76 Å². The van der Waals surface area contributed by atoms with E-state index in [9.17, 15) is 24.5 Å². The normalized spacial score (nSPS) is 10.6. The molecule has 0 saturated carbocycles. The molecule has 0 radical (unpaired) electrons. The molecule has 0 atom stereocenters. The number of non-ortho nitro benzene ring substituents is 1. The lowest BCUT2D eigenvalue weighted by Gasteiger charge is -2.08. The molecule has 2 amide bonds. The van der Waals surface area contributed by atoms with Crippen molar-refractivity contribution in [2.75, 3.05) is 12.4 Å². The molecule has 12 nitrogen and oxygen atoms in total. The number of nitrogens with zero attached hydrogens (tertiary/aromatic N) is 2. The topological polar surface area (TPSA) is 162 Å². The number of esters is 1. The molecule has 0 fully saturated rings. The lowest BCUT2D eigenvalue weighted by Crippen LogP contribution is -2.18. The van der Waals surface area contributed by atoms with Crippen LogP contribution in [0.3, 0.4) is 0 Å². The average Bonchev–Trinajstić information content (AvgIpc) is 3.49. The van der Waals surface area contributed by atoms with Crippen molar-refractivity contribution < 1.29 is 33.2 Å². The highest BCUT2D eigenvalue weighted by atomic mass is 16.6. The van der Waals surface area contributed by atoms with E-state index >= 15 is 0 Å². The number of methoxy groups -OCH3 is 1. The molecule has 0 spiro atoms. The Morgan fingerprint density at radius 3 is 2.44 bits per heavy atom. The number of nitro benzene ring substituents is 1. The number of furan rings is 1. The first-order valence-corrected chi connectivity index (χ1v) is 11.3. The van der Waals surface area contributed by atoms with Gasteiger partial charge in [0.05, 0.1) is 30.1 Å². The van der Waals surface area contributed by atoms with Gasteiger partial charge in [-0.2, -0.15) is 5.10 Å². The number of hydrogen-bond donors (Lipinski definition) is 2. The van der Waals surface area contributed by atoms with Gasteiger partial charge in [0.2, 0.25) is 0 Å². The van der Waals surface area contributed by atoms with Gasteiger partial charge in [-0.1, -0.05) is 6.07 Å². The molecule has 0 aliphatic heterocycles. The third-order valence-corrected chi connectivity index (χ3v) is 5.23. The first-order valence-electron chi connectivity index (χ1n) is 11.3. The summed E-state index contributed by atoms with van der Waals surface area (Å²) >= 11 is 0. The molecule has 0 saturated heterocycles. The van der Waals surface area contributed by atoms with Crippen LogP contribution in [0.2, 0.25) is 0 Å². The van der Waals surface area contributed by atoms with Crippen molar-refractivity contribution in [3.05, 3.63) is 118 Å². The monoisotopic (exact) mass is 528 g/mol. The van der Waals surface area contributed by atoms with Gasteiger partial charge in [-0.05, 0) is 60.7 Å². The van der Waals surface area contributed by atoms with E-state index in [1.807, 2.05) is 0 Å². The second-order valence-corrected chi connectivity index (χ2v) is 7.81. The molecule has 3 aromatic carbocycles. The van der Waals surface area contributed by atoms with Crippen LogP contribution < -0.4 is 20.2 Å². The van der Waals surface area contributed by atoms with Crippen molar-refractivity contribution in [3.8, 4) is 11.5 Å². The third kappa shape index (κ3) is 6.71. The quantitative estimate of drug-likeness (QED) is 0.106. The van der Waals surface area contributed by atoms with Crippen molar-refractivity contribution in [3.63, 3.8) is 0 Å². The Balaban J connectivity index is 1.44. The van der Waals surface area contributed by atoms with Crippen LogP contribution in [0, 0.1) is 10.1 Å². The fourth-order valence-electron chi connectivity index (χ4n) is 3.28. The molecular formula is C27H20N4O8. The van der Waals surface area contributed by atoms with Gasteiger partial charge in [-0.25, -0.2) is 10.2 Å². The van der Waals surface area contributed by atoms with Crippen LogP contribution in [0.1, 0.15) is 36.8 Å². The van der Waals surface area contributed by atoms with E-state index in [-0.39, 0.29) is 33.9 Å². The molecule has 4 aromatic rings. The number of nitrogens with one attached hydrogen (secondary N) is 2. The van der Waals surface area contributed by atoms with Gasteiger partial charge < -0.3 is 19.2 Å². The lowest BCUT2D eigenvalue weighted by atomic mass is 10.2. The Bertz CT molecular complexity index is 1550. The number of ether oxygens (including phenoxy) is 2. The third-order valence-electron chi connectivity index (χ3n) is 5.23. The van der Waals surface area contributed by atoms with Crippen LogP contribution in [0.5, 0.6) is 11.5 Å². The van der Waals surface area contributed by atoms with Crippen molar-refractivity contribution >= 4 is 35.4 Å². The van der Waals surface area contributed by atoms with Crippen LogP contribution in [-0.4, -0.2) is 36.0 Å². The molecule has 0 unspecified atom stereocenters. The predicted molar refractivity (Wildman–Crippen MR) is 139 cm³/mol. The first-order chi connectivity index (χ1) is 18.8. The van der Waals surface area contributed by atoms with Gasteiger partial charge in [0.25, 0.3) is 17.5 Å². The minimum atomic E-state index is -0.722. The lowest BCUT2D eigenvalue weighted by molar-refractivity contribution is -0.384. The fourth-order valence-corrected chi connectivity index (χ4v) is 3.28. The first kappa shape index (κ1) is 26.3. The maximum Gasteiger partial charge on any atom is 0.343 e. The van der Waals surface area contributed by atoms with Crippen LogP contribution in [-0.2, 0) is 0 Å². The Kier molecular flexibility index (Phi) is 8.07. The molecule has 39 heavy (non-hydrogen) atoms. The highest BCUT2D eigenvalue weighted by Gasteiger charge is 2.16. The fraction of sp³-hybridized carbons (Fsp3) is 0.0370. The zero-order chi connectivity index (χ0) is 27.8. The Hall–Kier alpha value is -5.78. The standard InChI is InChI=1S/C27H20N4O8/c1-37-22-5-2-4-18(15-22)27(34)39-23-12-11-21(31(35)36)14-19(23)16-28-30-25(32)17-7-9-20(10-8-17)29-26(33)24-6-3-13-38-24/h2-16H,1H3,(H,29,33)(H,30,32)/b28-16+. The minimum Gasteiger partial charge on any atom is -0.497 e. The van der Waals surface area contributed by atoms with Gasteiger partial charge in [0.1, 0.15) is 11.5 Å². The van der Waals surface area contributed by atoms with E-state index in [1.54, 1.807) is 18.2 Å². The van der Waals surface area contributed by atoms with Gasteiger partial charge >= 0.3 is 5.97 Å². The molecular weight excluding hydrogens is 508 g/mol. The number of anilines is 1. The number of benzene rings is 3. The molecule has 2 N–H and O–H groups in total. The molecule has 1 aromatic heterocycles. The SMILES string of the molecule is COc1cccc(C(=O)Oc2ccc([N+](=O)[O-])cc2/C=N/NC(=O)c2ccc(NC(=O)c3ccco3)cc2)c1. The molecule has 0 aliphatic rings. The summed E-state index contributed by atoms with van der Waals surface area (Å²) in [5, 5.41) is 17.7. The number of amides is 2. The van der Waals surface area contributed by atoms with Gasteiger partial charge in [-0.15, -0.1) is 0 Å². The Labute approximate surface area is 221 Å². The number of hydrogen-bond acceptors (Lipinski definition) is 9. The summed E-state index contributed by atoms with van der Waals surface area (Å²) in [6, 6.07) is 19.0. The number of hydrazone groups is 1. The van der Waals surface area contributed by atoms with E-state index in [4.69, 9.17) is 13.9 Å². The summed E-state index contributed by atoms with van der Waals surface area (Å²) in [4.78, 5) is 47.8. The molecule has 4 rings (SSSR count). The summed E-state index contributed by atoms with van der Waals surface area (Å²) < 4.78 is 15.6. The second-order valence-electron chi connectivity index (χ2n) is 7.81. The van der Waals surface area contributed by atoms with E-state index in [1.165, 1.54) is 68.0 Å². The Morgan fingerprint density at radius 1 is 0.949 bits per heavy atom. The van der Waals surface area contributed by atoms with Gasteiger partial charge in [0, 0.05) is 28.9 Å². The maximum atomic E-state index is 12.6. The summed E-state index contributed by atoms with van der Waals surface area (Å²) in [6.07, 6.45) is 2.50. The Morgan fingerprint density at radius 2 is 1.74 bits per heavy atom. The minimum absolute atomic E-state index is 0.0110. The van der Waals surface area contributed by atoms with E-state index in [0.29, 0.717) is 11.4 Å². The molecule has 12 heteroatoms.